The van der Waals surface area contributed by atoms with Crippen molar-refractivity contribution >= 4 is 17.0 Å². The third-order valence-corrected chi connectivity index (χ3v) is 2.65. The Morgan fingerprint density at radius 3 is 2.89 bits per heavy atom. The molecule has 5 nitrogen and oxygen atoms in total. The van der Waals surface area contributed by atoms with Crippen molar-refractivity contribution in [3.05, 3.63) is 29.3 Å². The fourth-order valence-electron chi connectivity index (χ4n) is 1.71. The van der Waals surface area contributed by atoms with Crippen LogP contribution in [-0.4, -0.2) is 32.3 Å². The van der Waals surface area contributed by atoms with Crippen LogP contribution in [0, 0.1) is 5.82 Å². The minimum atomic E-state index is -1.32. The number of carboxylic acid groups (broad SMARTS) is 1. The number of halogens is 1. The van der Waals surface area contributed by atoms with Crippen LogP contribution in [0.5, 0.6) is 0 Å². The predicted octanol–water partition coefficient (Wildman–Crippen LogP) is 1.71. The van der Waals surface area contributed by atoms with Gasteiger partial charge in [-0.1, -0.05) is 0 Å². The first-order valence-corrected chi connectivity index (χ1v) is 5.57. The topological polar surface area (TPSA) is 86.2 Å². The lowest BCUT2D eigenvalue weighted by Crippen LogP contribution is -2.02. The summed E-state index contributed by atoms with van der Waals surface area (Å²) in [5.74, 6) is -1.50. The third-order valence-electron chi connectivity index (χ3n) is 2.65. The first-order valence-electron chi connectivity index (χ1n) is 5.57. The fraction of sp³-hybridized carbons (Fsp3) is 0.333. The maximum atomic E-state index is 13.4. The normalized spacial score (nSPS) is 12.8. The summed E-state index contributed by atoms with van der Waals surface area (Å²) in [6, 6.07) is 2.33. The molecular weight excluding hydrogens is 239 g/mol. The van der Waals surface area contributed by atoms with Gasteiger partial charge >= 0.3 is 5.97 Å². The van der Waals surface area contributed by atoms with Gasteiger partial charge in [-0.15, -0.1) is 0 Å². The molecule has 0 aliphatic rings. The molecule has 18 heavy (non-hydrogen) atoms. The van der Waals surface area contributed by atoms with E-state index in [0.29, 0.717) is 29.7 Å². The van der Waals surface area contributed by atoms with E-state index in [2.05, 4.69) is 9.97 Å². The summed E-state index contributed by atoms with van der Waals surface area (Å²) < 4.78 is 13.4. The van der Waals surface area contributed by atoms with E-state index in [0.717, 1.165) is 6.07 Å². The molecule has 96 valence electrons. The van der Waals surface area contributed by atoms with Crippen molar-refractivity contribution in [2.24, 2.45) is 0 Å². The van der Waals surface area contributed by atoms with Crippen LogP contribution in [0.25, 0.3) is 11.0 Å². The minimum absolute atomic E-state index is 0.393. The van der Waals surface area contributed by atoms with E-state index in [4.69, 9.17) is 5.11 Å². The highest BCUT2D eigenvalue weighted by Crippen LogP contribution is 2.18. The molecule has 0 spiro atoms. The molecule has 0 amide bonds. The van der Waals surface area contributed by atoms with Crippen LogP contribution in [0.2, 0.25) is 0 Å². The minimum Gasteiger partial charge on any atom is -0.478 e. The van der Waals surface area contributed by atoms with Crippen LogP contribution < -0.4 is 0 Å². The number of fused-ring (bicyclic) bond motifs is 1. The number of nitrogens with one attached hydrogen (secondary N) is 1. The third kappa shape index (κ3) is 2.48. The van der Waals surface area contributed by atoms with Gasteiger partial charge in [0, 0.05) is 12.5 Å². The number of carboxylic acids is 1. The Bertz CT molecular complexity index is 592. The number of rotatable bonds is 4. The highest BCUT2D eigenvalue weighted by atomic mass is 19.1. The van der Waals surface area contributed by atoms with Crippen molar-refractivity contribution in [3.8, 4) is 0 Å². The zero-order valence-electron chi connectivity index (χ0n) is 9.77. The molecule has 2 rings (SSSR count). The summed E-state index contributed by atoms with van der Waals surface area (Å²) in [4.78, 5) is 17.9. The van der Waals surface area contributed by atoms with Crippen molar-refractivity contribution in [2.75, 3.05) is 0 Å². The summed E-state index contributed by atoms with van der Waals surface area (Å²) in [6.07, 6.45) is 0.620. The molecule has 0 saturated heterocycles. The Labute approximate surface area is 102 Å². The number of nitrogens with zero attached hydrogens (tertiary/aromatic N) is 1. The standard InChI is InChI=1S/C12H13FN2O3/c1-6(16)2-3-11-14-9-4-7(12(17)18)8(13)5-10(9)15-11/h4-6,16H,2-3H2,1H3,(H,14,15)(H,17,18). The first-order chi connectivity index (χ1) is 8.47. The molecule has 3 N–H and O–H groups in total. The summed E-state index contributed by atoms with van der Waals surface area (Å²) >= 11 is 0. The lowest BCUT2D eigenvalue weighted by molar-refractivity contribution is 0.0692. The maximum absolute atomic E-state index is 13.4. The summed E-state index contributed by atoms with van der Waals surface area (Å²) in [7, 11) is 0. The number of aromatic carboxylic acids is 1. The molecule has 1 aromatic heterocycles. The van der Waals surface area contributed by atoms with Crippen molar-refractivity contribution in [1.29, 1.82) is 0 Å². The van der Waals surface area contributed by atoms with Gasteiger partial charge in [0.2, 0.25) is 0 Å². The molecule has 1 aromatic carbocycles. The monoisotopic (exact) mass is 252 g/mol. The van der Waals surface area contributed by atoms with E-state index in [9.17, 15) is 14.3 Å². The molecule has 1 atom stereocenters. The van der Waals surface area contributed by atoms with Crippen LogP contribution >= 0.6 is 0 Å². The van der Waals surface area contributed by atoms with Crippen LogP contribution in [0.1, 0.15) is 29.5 Å². The quantitative estimate of drug-likeness (QED) is 0.773. The summed E-state index contributed by atoms with van der Waals surface area (Å²) in [6.45, 7) is 1.67. The van der Waals surface area contributed by atoms with Crippen LogP contribution in [0.15, 0.2) is 12.1 Å². The molecule has 0 aliphatic heterocycles. The molecule has 6 heteroatoms. The van der Waals surface area contributed by atoms with Crippen molar-refractivity contribution in [2.45, 2.75) is 25.9 Å². The van der Waals surface area contributed by atoms with Gasteiger partial charge in [-0.25, -0.2) is 14.2 Å². The largest absolute Gasteiger partial charge is 0.478 e. The second-order valence-electron chi connectivity index (χ2n) is 4.23. The van der Waals surface area contributed by atoms with Crippen LogP contribution in [-0.2, 0) is 6.42 Å². The number of aliphatic hydroxyl groups is 1. The fourth-order valence-corrected chi connectivity index (χ4v) is 1.71. The molecule has 0 radical (unpaired) electrons. The van der Waals surface area contributed by atoms with Gasteiger partial charge in [0.15, 0.2) is 0 Å². The van der Waals surface area contributed by atoms with Gasteiger partial charge < -0.3 is 15.2 Å². The van der Waals surface area contributed by atoms with E-state index >= 15 is 0 Å². The van der Waals surface area contributed by atoms with E-state index in [1.54, 1.807) is 6.92 Å². The van der Waals surface area contributed by atoms with Gasteiger partial charge in [0.05, 0.1) is 22.7 Å². The van der Waals surface area contributed by atoms with E-state index in [1.807, 2.05) is 0 Å². The Hall–Kier alpha value is -1.95. The lowest BCUT2D eigenvalue weighted by atomic mass is 10.2. The number of hydrogen-bond acceptors (Lipinski definition) is 3. The van der Waals surface area contributed by atoms with Gasteiger partial charge in [0.1, 0.15) is 11.6 Å². The number of aryl methyl sites for hydroxylation is 1. The second-order valence-corrected chi connectivity index (χ2v) is 4.23. The molecule has 2 aromatic rings. The molecule has 1 unspecified atom stereocenters. The summed E-state index contributed by atoms with van der Waals surface area (Å²) in [5, 5.41) is 18.0. The Kier molecular flexibility index (Phi) is 3.29. The van der Waals surface area contributed by atoms with Crippen LogP contribution in [0.4, 0.5) is 4.39 Å². The smallest absolute Gasteiger partial charge is 0.338 e. The lowest BCUT2D eigenvalue weighted by Gasteiger charge is -1.99. The van der Waals surface area contributed by atoms with Crippen molar-refractivity contribution in [1.82, 2.24) is 9.97 Å². The van der Waals surface area contributed by atoms with Gasteiger partial charge in [-0.3, -0.25) is 0 Å². The average molecular weight is 252 g/mol. The number of H-pyrrole nitrogens is 1. The Balaban J connectivity index is 2.36. The number of aromatic amines is 1. The number of carbonyl (C=O) groups is 1. The molecule has 0 saturated carbocycles. The molecule has 1 heterocycles. The van der Waals surface area contributed by atoms with E-state index in [-0.39, 0.29) is 0 Å². The number of hydrogen-bond donors (Lipinski definition) is 3. The Morgan fingerprint density at radius 1 is 1.56 bits per heavy atom. The SMILES string of the molecule is CC(O)CCc1nc2cc(C(=O)O)c(F)cc2[nH]1. The average Bonchev–Trinajstić information content (AvgIpc) is 2.66. The predicted molar refractivity (Wildman–Crippen MR) is 63.0 cm³/mol. The molecule has 0 aliphatic carbocycles. The highest BCUT2D eigenvalue weighted by molar-refractivity contribution is 5.92. The van der Waals surface area contributed by atoms with Crippen molar-refractivity contribution < 1.29 is 19.4 Å². The highest BCUT2D eigenvalue weighted by Gasteiger charge is 2.14. The van der Waals surface area contributed by atoms with Gasteiger partial charge in [-0.2, -0.15) is 0 Å². The van der Waals surface area contributed by atoms with Crippen molar-refractivity contribution in [3.63, 3.8) is 0 Å². The zero-order chi connectivity index (χ0) is 13.3. The summed E-state index contributed by atoms with van der Waals surface area (Å²) in [5.41, 5.74) is 0.476. The number of aromatic nitrogens is 2. The zero-order valence-corrected chi connectivity index (χ0v) is 9.77. The molecule has 0 bridgehead atoms. The number of imidazole rings is 1. The van der Waals surface area contributed by atoms with Gasteiger partial charge in [-0.05, 0) is 19.4 Å². The number of benzene rings is 1. The van der Waals surface area contributed by atoms with E-state index in [1.165, 1.54) is 6.07 Å². The molecule has 0 fully saturated rings. The Morgan fingerprint density at radius 2 is 2.28 bits per heavy atom. The van der Waals surface area contributed by atoms with E-state index < -0.39 is 23.5 Å². The van der Waals surface area contributed by atoms with Crippen LogP contribution in [0.3, 0.4) is 0 Å². The van der Waals surface area contributed by atoms with Gasteiger partial charge in [0.25, 0.3) is 0 Å². The maximum Gasteiger partial charge on any atom is 0.338 e. The molecular formula is C12H13FN2O3. The first kappa shape index (κ1) is 12.5. The second kappa shape index (κ2) is 4.73. The number of aliphatic hydroxyl groups excluding tert-OH is 1.